The average molecular weight is 310 g/mol. The average Bonchev–Trinajstić information content (AvgIpc) is 3.04. The van der Waals surface area contributed by atoms with E-state index in [0.717, 1.165) is 36.6 Å². The molecule has 1 atom stereocenters. The van der Waals surface area contributed by atoms with Gasteiger partial charge in [-0.1, -0.05) is 0 Å². The van der Waals surface area contributed by atoms with Gasteiger partial charge in [0, 0.05) is 62.6 Å². The maximum absolute atomic E-state index is 12.5. The smallest absolute Gasteiger partial charge is 0.255 e. The monoisotopic (exact) mass is 310 g/mol. The molecule has 1 amide bonds. The van der Waals surface area contributed by atoms with Crippen molar-refractivity contribution in [1.82, 2.24) is 14.9 Å². The van der Waals surface area contributed by atoms with Gasteiger partial charge in [-0.25, -0.2) is 0 Å². The fraction of sp³-hybridized carbons (Fsp3) is 0.389. The van der Waals surface area contributed by atoms with Crippen molar-refractivity contribution >= 4 is 11.6 Å². The normalized spacial score (nSPS) is 17.3. The lowest BCUT2D eigenvalue weighted by atomic mass is 10.0. The zero-order valence-electron chi connectivity index (χ0n) is 13.9. The highest BCUT2D eigenvalue weighted by Gasteiger charge is 2.29. The molecule has 3 rings (SSSR count). The van der Waals surface area contributed by atoms with Gasteiger partial charge in [0.15, 0.2) is 0 Å². The highest BCUT2D eigenvalue weighted by molar-refractivity contribution is 5.94. The van der Waals surface area contributed by atoms with Crippen LogP contribution in [0.2, 0.25) is 0 Å². The predicted molar refractivity (Wildman–Crippen MR) is 90.8 cm³/mol. The van der Waals surface area contributed by atoms with Gasteiger partial charge >= 0.3 is 0 Å². The van der Waals surface area contributed by atoms with Crippen LogP contribution in [-0.4, -0.2) is 48.0 Å². The summed E-state index contributed by atoms with van der Waals surface area (Å²) in [5, 5.41) is 0. The molecule has 0 saturated carbocycles. The van der Waals surface area contributed by atoms with E-state index in [1.165, 1.54) is 0 Å². The van der Waals surface area contributed by atoms with E-state index in [4.69, 9.17) is 0 Å². The van der Waals surface area contributed by atoms with Gasteiger partial charge in [-0.15, -0.1) is 0 Å². The summed E-state index contributed by atoms with van der Waals surface area (Å²) in [6, 6.07) is 7.83. The number of carbonyl (C=O) groups is 1. The van der Waals surface area contributed by atoms with Crippen molar-refractivity contribution in [1.29, 1.82) is 0 Å². The molecule has 2 aromatic heterocycles. The highest BCUT2D eigenvalue weighted by atomic mass is 16.2. The quantitative estimate of drug-likeness (QED) is 0.874. The van der Waals surface area contributed by atoms with Crippen molar-refractivity contribution in [3.63, 3.8) is 0 Å². The number of aryl methyl sites for hydroxylation is 1. The molecule has 1 aliphatic heterocycles. The van der Waals surface area contributed by atoms with Crippen LogP contribution in [0.5, 0.6) is 0 Å². The van der Waals surface area contributed by atoms with Crippen LogP contribution in [0.3, 0.4) is 0 Å². The van der Waals surface area contributed by atoms with Gasteiger partial charge in [0.05, 0.1) is 5.56 Å². The molecule has 0 N–H and O–H groups in total. The number of carbonyl (C=O) groups excluding carboxylic acids is 1. The molecule has 23 heavy (non-hydrogen) atoms. The van der Waals surface area contributed by atoms with Crippen LogP contribution >= 0.6 is 0 Å². The molecule has 0 bridgehead atoms. The van der Waals surface area contributed by atoms with Crippen molar-refractivity contribution in [2.75, 3.05) is 32.1 Å². The molecule has 3 heterocycles. The van der Waals surface area contributed by atoms with Gasteiger partial charge in [0.1, 0.15) is 0 Å². The number of nitrogens with zero attached hydrogens (tertiary/aromatic N) is 4. The number of anilines is 1. The second-order valence-electron chi connectivity index (χ2n) is 6.26. The maximum atomic E-state index is 12.5. The predicted octanol–water partition coefficient (Wildman–Crippen LogP) is 2.48. The first-order valence-corrected chi connectivity index (χ1v) is 7.90. The Hall–Kier alpha value is -2.43. The summed E-state index contributed by atoms with van der Waals surface area (Å²) in [5.74, 6) is 0.357. The topological polar surface area (TPSA) is 49.3 Å². The first-order chi connectivity index (χ1) is 11.0. The minimum absolute atomic E-state index is 0.0566. The molecule has 120 valence electrons. The van der Waals surface area contributed by atoms with E-state index in [9.17, 15) is 4.79 Å². The van der Waals surface area contributed by atoms with Crippen molar-refractivity contribution in [3.05, 3.63) is 53.6 Å². The molecule has 1 saturated heterocycles. The Morgan fingerprint density at radius 1 is 1.35 bits per heavy atom. The molecule has 2 aromatic rings. The molecule has 1 fully saturated rings. The van der Waals surface area contributed by atoms with E-state index in [2.05, 4.69) is 27.0 Å². The molecule has 5 nitrogen and oxygen atoms in total. The molecule has 5 heteroatoms. The van der Waals surface area contributed by atoms with Crippen LogP contribution in [0, 0.1) is 6.92 Å². The molecular weight excluding hydrogens is 288 g/mol. The third kappa shape index (κ3) is 3.33. The van der Waals surface area contributed by atoms with Crippen molar-refractivity contribution in [2.24, 2.45) is 0 Å². The SMILES string of the molecule is Cc1cc(N(C)C)cc([C@H]2CCN(C(=O)c3cccnc3)C2)n1. The molecule has 0 unspecified atom stereocenters. The zero-order chi connectivity index (χ0) is 16.4. The first kappa shape index (κ1) is 15.5. The summed E-state index contributed by atoms with van der Waals surface area (Å²) in [5.41, 5.74) is 3.90. The molecule has 0 radical (unpaired) electrons. The number of likely N-dealkylation sites (tertiary alicyclic amines) is 1. The number of rotatable bonds is 3. The Morgan fingerprint density at radius 2 is 2.17 bits per heavy atom. The Morgan fingerprint density at radius 3 is 2.87 bits per heavy atom. The lowest BCUT2D eigenvalue weighted by molar-refractivity contribution is 0.0790. The summed E-state index contributed by atoms with van der Waals surface area (Å²) >= 11 is 0. The van der Waals surface area contributed by atoms with Crippen LogP contribution in [0.25, 0.3) is 0 Å². The van der Waals surface area contributed by atoms with Gasteiger partial charge in [-0.3, -0.25) is 14.8 Å². The molecular formula is C18H22N4O. The van der Waals surface area contributed by atoms with Crippen LogP contribution in [0.15, 0.2) is 36.7 Å². The number of hydrogen-bond acceptors (Lipinski definition) is 4. The summed E-state index contributed by atoms with van der Waals surface area (Å²) in [6.07, 6.45) is 4.27. The largest absolute Gasteiger partial charge is 0.378 e. The minimum atomic E-state index is 0.0566. The van der Waals surface area contributed by atoms with E-state index in [-0.39, 0.29) is 5.91 Å². The molecule has 0 spiro atoms. The Kier molecular flexibility index (Phi) is 4.28. The molecule has 0 aromatic carbocycles. The van der Waals surface area contributed by atoms with Gasteiger partial charge in [0.2, 0.25) is 0 Å². The fourth-order valence-corrected chi connectivity index (χ4v) is 3.00. The van der Waals surface area contributed by atoms with E-state index in [0.29, 0.717) is 11.5 Å². The minimum Gasteiger partial charge on any atom is -0.378 e. The Labute approximate surface area is 137 Å². The summed E-state index contributed by atoms with van der Waals surface area (Å²) in [4.78, 5) is 25.2. The van der Waals surface area contributed by atoms with Crippen molar-refractivity contribution in [3.8, 4) is 0 Å². The zero-order valence-corrected chi connectivity index (χ0v) is 13.9. The summed E-state index contributed by atoms with van der Waals surface area (Å²) in [7, 11) is 4.07. The van der Waals surface area contributed by atoms with E-state index in [1.807, 2.05) is 32.0 Å². The van der Waals surface area contributed by atoms with E-state index >= 15 is 0 Å². The summed E-state index contributed by atoms with van der Waals surface area (Å²) in [6.45, 7) is 3.51. The number of hydrogen-bond donors (Lipinski definition) is 0. The van der Waals surface area contributed by atoms with Crippen LogP contribution < -0.4 is 4.90 Å². The van der Waals surface area contributed by atoms with E-state index in [1.54, 1.807) is 18.5 Å². The lowest BCUT2D eigenvalue weighted by Crippen LogP contribution is -2.28. The summed E-state index contributed by atoms with van der Waals surface area (Å²) < 4.78 is 0. The number of pyridine rings is 2. The maximum Gasteiger partial charge on any atom is 0.255 e. The van der Waals surface area contributed by atoms with Gasteiger partial charge in [0.25, 0.3) is 5.91 Å². The third-order valence-electron chi connectivity index (χ3n) is 4.28. The standard InChI is InChI=1S/C18H22N4O/c1-13-9-16(21(2)3)10-17(20-13)15-6-8-22(12-15)18(23)14-5-4-7-19-11-14/h4-5,7,9-11,15H,6,8,12H2,1-3H3/t15-/m0/s1. The Bertz CT molecular complexity index is 699. The highest BCUT2D eigenvalue weighted by Crippen LogP contribution is 2.29. The molecule has 0 aliphatic carbocycles. The van der Waals surface area contributed by atoms with Crippen molar-refractivity contribution < 1.29 is 4.79 Å². The fourth-order valence-electron chi connectivity index (χ4n) is 3.00. The van der Waals surface area contributed by atoms with Gasteiger partial charge in [-0.2, -0.15) is 0 Å². The van der Waals surface area contributed by atoms with Gasteiger partial charge < -0.3 is 9.80 Å². The van der Waals surface area contributed by atoms with Crippen LogP contribution in [0.1, 0.15) is 34.1 Å². The van der Waals surface area contributed by atoms with Gasteiger partial charge in [-0.05, 0) is 37.6 Å². The van der Waals surface area contributed by atoms with Crippen molar-refractivity contribution in [2.45, 2.75) is 19.3 Å². The third-order valence-corrected chi connectivity index (χ3v) is 4.28. The first-order valence-electron chi connectivity index (χ1n) is 7.90. The lowest BCUT2D eigenvalue weighted by Gasteiger charge is -2.18. The van der Waals surface area contributed by atoms with Crippen LogP contribution in [-0.2, 0) is 0 Å². The second kappa shape index (κ2) is 6.36. The number of aromatic nitrogens is 2. The second-order valence-corrected chi connectivity index (χ2v) is 6.26. The number of amides is 1. The van der Waals surface area contributed by atoms with Crippen LogP contribution in [0.4, 0.5) is 5.69 Å². The van der Waals surface area contributed by atoms with E-state index < -0.39 is 0 Å². The Balaban J connectivity index is 1.76. The molecule has 1 aliphatic rings.